The maximum absolute atomic E-state index is 12.9. The number of halogens is 3. The van der Waals surface area contributed by atoms with Crippen molar-refractivity contribution in [3.63, 3.8) is 0 Å². The lowest BCUT2D eigenvalue weighted by atomic mass is 10.1. The minimum atomic E-state index is -4.49. The van der Waals surface area contributed by atoms with E-state index in [4.69, 9.17) is 4.52 Å². The molecule has 2 aromatic heterocycles. The van der Waals surface area contributed by atoms with Crippen molar-refractivity contribution in [2.45, 2.75) is 25.6 Å². The first-order valence-electron chi connectivity index (χ1n) is 8.50. The van der Waals surface area contributed by atoms with E-state index in [9.17, 15) is 18.0 Å². The first kappa shape index (κ1) is 18.1. The van der Waals surface area contributed by atoms with Gasteiger partial charge in [0.15, 0.2) is 11.5 Å². The molecular formula is C17H15F3N6O2. The molecule has 3 heterocycles. The minimum absolute atomic E-state index is 0.0103. The molecule has 8 nitrogen and oxygen atoms in total. The molecule has 1 aliphatic heterocycles. The molecule has 1 aromatic carbocycles. The van der Waals surface area contributed by atoms with E-state index in [2.05, 4.69) is 20.5 Å². The fourth-order valence-corrected chi connectivity index (χ4v) is 3.11. The fraction of sp³-hybridized carbons (Fsp3) is 0.353. The summed E-state index contributed by atoms with van der Waals surface area (Å²) in [4.78, 5) is 18.2. The summed E-state index contributed by atoms with van der Waals surface area (Å²) < 4.78 is 45.3. The van der Waals surface area contributed by atoms with E-state index in [0.29, 0.717) is 31.0 Å². The highest BCUT2D eigenvalue weighted by atomic mass is 19.4. The van der Waals surface area contributed by atoms with Crippen molar-refractivity contribution in [1.82, 2.24) is 30.0 Å². The number of benzene rings is 1. The predicted octanol–water partition coefficient (Wildman–Crippen LogP) is 2.74. The second kappa shape index (κ2) is 6.73. The van der Waals surface area contributed by atoms with Gasteiger partial charge in [-0.25, -0.2) is 4.68 Å². The highest BCUT2D eigenvalue weighted by Gasteiger charge is 2.33. The van der Waals surface area contributed by atoms with Crippen LogP contribution in [0.4, 0.5) is 13.2 Å². The summed E-state index contributed by atoms with van der Waals surface area (Å²) in [5, 5.41) is 11.7. The lowest BCUT2D eigenvalue weighted by molar-refractivity contribution is -0.137. The van der Waals surface area contributed by atoms with Crippen molar-refractivity contribution < 1.29 is 22.5 Å². The summed E-state index contributed by atoms with van der Waals surface area (Å²) in [7, 11) is 0. The van der Waals surface area contributed by atoms with Crippen molar-refractivity contribution in [3.8, 4) is 11.6 Å². The van der Waals surface area contributed by atoms with Gasteiger partial charge in [0, 0.05) is 18.7 Å². The molecule has 0 bridgehead atoms. The molecule has 0 spiro atoms. The summed E-state index contributed by atoms with van der Waals surface area (Å²) in [6.45, 7) is 2.42. The number of carbonyl (C=O) groups excluding carboxylic acids is 1. The Bertz CT molecular complexity index is 1010. The van der Waals surface area contributed by atoms with Crippen LogP contribution in [-0.2, 0) is 6.18 Å². The molecule has 11 heteroatoms. The quantitative estimate of drug-likeness (QED) is 0.681. The molecule has 1 aliphatic rings. The highest BCUT2D eigenvalue weighted by Crippen LogP contribution is 2.30. The number of amides is 1. The average Bonchev–Trinajstić information content (AvgIpc) is 3.40. The smallest absolute Gasteiger partial charge is 0.336 e. The van der Waals surface area contributed by atoms with Gasteiger partial charge in [-0.2, -0.15) is 18.2 Å². The molecule has 146 valence electrons. The summed E-state index contributed by atoms with van der Waals surface area (Å²) in [5.41, 5.74) is -0.413. The van der Waals surface area contributed by atoms with E-state index in [1.165, 1.54) is 17.0 Å². The number of hydrogen-bond donors (Lipinski definition) is 0. The Hall–Kier alpha value is -3.24. The number of rotatable bonds is 3. The SMILES string of the molecule is Cc1noc(-c2cn(C3CCN(C(=O)c4cccc(C(F)(F)F)c4)C3)nn2)n1. The maximum Gasteiger partial charge on any atom is 0.416 e. The molecule has 0 saturated carbocycles. The van der Waals surface area contributed by atoms with E-state index >= 15 is 0 Å². The zero-order valence-corrected chi connectivity index (χ0v) is 14.7. The molecule has 3 aromatic rings. The van der Waals surface area contributed by atoms with Crippen LogP contribution in [0.5, 0.6) is 0 Å². The standard InChI is InChI=1S/C17H15F3N6O2/c1-10-21-15(28-23-10)14-9-26(24-22-14)13-5-6-25(8-13)16(27)11-3-2-4-12(7-11)17(18,19)20/h2-4,7,9,13H,5-6,8H2,1H3. The number of hydrogen-bond acceptors (Lipinski definition) is 6. The Morgan fingerprint density at radius 1 is 1.32 bits per heavy atom. The second-order valence-electron chi connectivity index (χ2n) is 6.50. The van der Waals surface area contributed by atoms with Gasteiger partial charge in [-0.15, -0.1) is 5.10 Å². The number of carbonyl (C=O) groups is 1. The third kappa shape index (κ3) is 3.47. The third-order valence-corrected chi connectivity index (χ3v) is 4.52. The van der Waals surface area contributed by atoms with Crippen LogP contribution in [0.3, 0.4) is 0 Å². The van der Waals surface area contributed by atoms with Gasteiger partial charge >= 0.3 is 6.18 Å². The van der Waals surface area contributed by atoms with Crippen LogP contribution < -0.4 is 0 Å². The van der Waals surface area contributed by atoms with Crippen molar-refractivity contribution >= 4 is 5.91 Å². The topological polar surface area (TPSA) is 89.9 Å². The van der Waals surface area contributed by atoms with Crippen LogP contribution >= 0.6 is 0 Å². The highest BCUT2D eigenvalue weighted by molar-refractivity contribution is 5.94. The monoisotopic (exact) mass is 392 g/mol. The third-order valence-electron chi connectivity index (χ3n) is 4.52. The van der Waals surface area contributed by atoms with Crippen molar-refractivity contribution in [3.05, 3.63) is 47.4 Å². The maximum atomic E-state index is 12.9. The Labute approximate surface area is 156 Å². The number of alkyl halides is 3. The second-order valence-corrected chi connectivity index (χ2v) is 6.50. The normalized spacial score (nSPS) is 17.3. The van der Waals surface area contributed by atoms with Crippen LogP contribution in [0.25, 0.3) is 11.6 Å². The average molecular weight is 392 g/mol. The Morgan fingerprint density at radius 2 is 2.14 bits per heavy atom. The molecule has 1 atom stereocenters. The molecule has 1 unspecified atom stereocenters. The molecule has 1 fully saturated rings. The van der Waals surface area contributed by atoms with Crippen molar-refractivity contribution in [2.75, 3.05) is 13.1 Å². The molecule has 4 rings (SSSR count). The van der Waals surface area contributed by atoms with Crippen LogP contribution in [0, 0.1) is 6.92 Å². The van der Waals surface area contributed by atoms with Gasteiger partial charge < -0.3 is 9.42 Å². The molecule has 1 saturated heterocycles. The molecule has 1 amide bonds. The Balaban J connectivity index is 1.47. The van der Waals surface area contributed by atoms with E-state index in [1.54, 1.807) is 17.8 Å². The van der Waals surface area contributed by atoms with Crippen LogP contribution in [0.2, 0.25) is 0 Å². The predicted molar refractivity (Wildman–Crippen MR) is 89.1 cm³/mol. The molecular weight excluding hydrogens is 377 g/mol. The van der Waals surface area contributed by atoms with Gasteiger partial charge in [0.25, 0.3) is 11.8 Å². The van der Waals surface area contributed by atoms with E-state index < -0.39 is 17.6 Å². The minimum Gasteiger partial charge on any atom is -0.336 e. The molecule has 0 N–H and O–H groups in total. The zero-order valence-electron chi connectivity index (χ0n) is 14.7. The van der Waals surface area contributed by atoms with Crippen LogP contribution in [0.15, 0.2) is 35.0 Å². The van der Waals surface area contributed by atoms with E-state index in [-0.39, 0.29) is 17.5 Å². The summed E-state index contributed by atoms with van der Waals surface area (Å²) in [6.07, 6.45) is -2.24. The first-order chi connectivity index (χ1) is 13.3. The Morgan fingerprint density at radius 3 is 2.86 bits per heavy atom. The zero-order chi connectivity index (χ0) is 19.9. The van der Waals surface area contributed by atoms with Crippen LogP contribution in [0.1, 0.15) is 34.2 Å². The molecule has 0 radical (unpaired) electrons. The van der Waals surface area contributed by atoms with Crippen molar-refractivity contribution in [2.24, 2.45) is 0 Å². The Kier molecular flexibility index (Phi) is 4.36. The summed E-state index contributed by atoms with van der Waals surface area (Å²) in [6, 6.07) is 4.30. The lowest BCUT2D eigenvalue weighted by Crippen LogP contribution is -2.29. The van der Waals surface area contributed by atoms with Gasteiger partial charge in [-0.3, -0.25) is 4.79 Å². The largest absolute Gasteiger partial charge is 0.416 e. The number of aryl methyl sites for hydroxylation is 1. The number of aromatic nitrogens is 5. The fourth-order valence-electron chi connectivity index (χ4n) is 3.11. The number of likely N-dealkylation sites (tertiary alicyclic amines) is 1. The van der Waals surface area contributed by atoms with Crippen LogP contribution in [-0.4, -0.2) is 49.0 Å². The van der Waals surface area contributed by atoms with Gasteiger partial charge in [0.05, 0.1) is 17.8 Å². The van der Waals surface area contributed by atoms with Gasteiger partial charge in [-0.05, 0) is 31.5 Å². The lowest BCUT2D eigenvalue weighted by Gasteiger charge is -2.17. The molecule has 28 heavy (non-hydrogen) atoms. The molecule has 0 aliphatic carbocycles. The van der Waals surface area contributed by atoms with Crippen molar-refractivity contribution in [1.29, 1.82) is 0 Å². The number of nitrogens with zero attached hydrogens (tertiary/aromatic N) is 6. The van der Waals surface area contributed by atoms with Gasteiger partial charge in [-0.1, -0.05) is 16.4 Å². The first-order valence-corrected chi connectivity index (χ1v) is 8.50. The van der Waals surface area contributed by atoms with E-state index in [0.717, 1.165) is 12.1 Å². The van der Waals surface area contributed by atoms with Gasteiger partial charge in [0.1, 0.15) is 0 Å². The summed E-state index contributed by atoms with van der Waals surface area (Å²) in [5.74, 6) is 0.281. The summed E-state index contributed by atoms with van der Waals surface area (Å²) >= 11 is 0. The van der Waals surface area contributed by atoms with E-state index in [1.807, 2.05) is 0 Å². The van der Waals surface area contributed by atoms with Gasteiger partial charge in [0.2, 0.25) is 0 Å².